The molecule has 1 saturated heterocycles. The van der Waals surface area contributed by atoms with Crippen LogP contribution in [0.2, 0.25) is 0 Å². The Morgan fingerprint density at radius 3 is 3.08 bits per heavy atom. The molecule has 3 N–H and O–H groups in total. The second kappa shape index (κ2) is 6.66. The van der Waals surface area contributed by atoms with Crippen molar-refractivity contribution in [3.8, 4) is 0 Å². The lowest BCUT2D eigenvalue weighted by molar-refractivity contribution is -0.122. The summed E-state index contributed by atoms with van der Waals surface area (Å²) in [4.78, 5) is 28.1. The number of carbonyl (C=O) groups excluding carboxylic acids is 2. The van der Waals surface area contributed by atoms with E-state index < -0.39 is 0 Å². The van der Waals surface area contributed by atoms with Crippen LogP contribution in [-0.2, 0) is 24.2 Å². The number of H-pyrrole nitrogens is 1. The number of nitrogens with zero attached hydrogens (tertiary/aromatic N) is 3. The largest absolute Gasteiger partial charge is 0.356 e. The average Bonchev–Trinajstić information content (AvgIpc) is 3.27. The summed E-state index contributed by atoms with van der Waals surface area (Å²) in [6.45, 7) is 0.765. The van der Waals surface area contributed by atoms with E-state index in [1.165, 1.54) is 0 Å². The summed E-state index contributed by atoms with van der Waals surface area (Å²) in [5, 5.41) is 16.6. The lowest BCUT2D eigenvalue weighted by Crippen LogP contribution is -2.32. The number of piperidine rings is 1. The van der Waals surface area contributed by atoms with E-state index in [1.807, 2.05) is 0 Å². The number of fused-ring (bicyclic) bond motifs is 1. The first-order valence-corrected chi connectivity index (χ1v) is 8.64. The van der Waals surface area contributed by atoms with E-state index in [0.29, 0.717) is 30.4 Å². The van der Waals surface area contributed by atoms with Gasteiger partial charge >= 0.3 is 0 Å². The van der Waals surface area contributed by atoms with Crippen molar-refractivity contribution < 1.29 is 14.1 Å². The number of nitrogens with one attached hydrogen (secondary N) is 3. The summed E-state index contributed by atoms with van der Waals surface area (Å²) >= 11 is 0. The maximum atomic E-state index is 12.4. The number of hydrogen-bond donors (Lipinski definition) is 3. The fraction of sp³-hybridized carbons (Fsp3) is 0.562. The van der Waals surface area contributed by atoms with Crippen molar-refractivity contribution in [2.24, 2.45) is 0 Å². The quantitative estimate of drug-likeness (QED) is 0.745. The Balaban J connectivity index is 1.38. The zero-order chi connectivity index (χ0) is 17.2. The van der Waals surface area contributed by atoms with Crippen molar-refractivity contribution in [1.29, 1.82) is 0 Å². The third kappa shape index (κ3) is 3.26. The molecule has 0 bridgehead atoms. The molecular weight excluding hydrogens is 324 g/mol. The Morgan fingerprint density at radius 2 is 2.20 bits per heavy atom. The monoisotopic (exact) mass is 344 g/mol. The first kappa shape index (κ1) is 15.8. The number of carbonyl (C=O) groups is 2. The van der Waals surface area contributed by atoms with E-state index >= 15 is 0 Å². The second-order valence-electron chi connectivity index (χ2n) is 6.51. The second-order valence-corrected chi connectivity index (χ2v) is 6.51. The molecule has 9 heteroatoms. The summed E-state index contributed by atoms with van der Waals surface area (Å²) in [5.74, 6) is 0.589. The third-order valence-corrected chi connectivity index (χ3v) is 4.77. The zero-order valence-electron chi connectivity index (χ0n) is 13.8. The van der Waals surface area contributed by atoms with Gasteiger partial charge in [0.25, 0.3) is 5.91 Å². The van der Waals surface area contributed by atoms with Crippen molar-refractivity contribution in [3.63, 3.8) is 0 Å². The van der Waals surface area contributed by atoms with Crippen LogP contribution in [0.25, 0.3) is 0 Å². The number of aromatic nitrogens is 4. The number of aromatic amines is 1. The van der Waals surface area contributed by atoms with E-state index in [2.05, 4.69) is 31.0 Å². The highest BCUT2D eigenvalue weighted by Gasteiger charge is 2.26. The molecule has 9 nitrogen and oxygen atoms in total. The van der Waals surface area contributed by atoms with Gasteiger partial charge in [-0.15, -0.1) is 0 Å². The predicted octanol–water partition coefficient (Wildman–Crippen LogP) is 0.595. The van der Waals surface area contributed by atoms with Gasteiger partial charge in [0.05, 0.1) is 6.54 Å². The number of amides is 2. The van der Waals surface area contributed by atoms with Gasteiger partial charge in [0, 0.05) is 30.1 Å². The fourth-order valence-electron chi connectivity index (χ4n) is 3.42. The third-order valence-electron chi connectivity index (χ3n) is 4.77. The van der Waals surface area contributed by atoms with E-state index in [-0.39, 0.29) is 24.3 Å². The van der Waals surface area contributed by atoms with Crippen molar-refractivity contribution in [2.45, 2.75) is 51.0 Å². The maximum Gasteiger partial charge on any atom is 0.272 e. The van der Waals surface area contributed by atoms with Crippen LogP contribution in [0.15, 0.2) is 4.52 Å². The van der Waals surface area contributed by atoms with Crippen LogP contribution >= 0.6 is 0 Å². The summed E-state index contributed by atoms with van der Waals surface area (Å²) in [6, 6.07) is 0. The van der Waals surface area contributed by atoms with Crippen LogP contribution in [0.3, 0.4) is 0 Å². The molecule has 0 radical (unpaired) electrons. The topological polar surface area (TPSA) is 126 Å². The Morgan fingerprint density at radius 1 is 1.32 bits per heavy atom. The van der Waals surface area contributed by atoms with E-state index in [4.69, 9.17) is 4.52 Å². The Kier molecular flexibility index (Phi) is 4.21. The van der Waals surface area contributed by atoms with E-state index in [0.717, 1.165) is 43.4 Å². The smallest absolute Gasteiger partial charge is 0.272 e. The van der Waals surface area contributed by atoms with Crippen LogP contribution < -0.4 is 10.6 Å². The summed E-state index contributed by atoms with van der Waals surface area (Å²) in [5.41, 5.74) is 2.54. The molecule has 1 aliphatic heterocycles. The summed E-state index contributed by atoms with van der Waals surface area (Å²) in [6.07, 6.45) is 5.18. The number of rotatable bonds is 4. The number of hydrogen-bond acceptors (Lipinski definition) is 6. The molecule has 1 unspecified atom stereocenters. The minimum atomic E-state index is -0.240. The van der Waals surface area contributed by atoms with Crippen molar-refractivity contribution in [3.05, 3.63) is 28.7 Å². The molecule has 2 aliphatic rings. The highest BCUT2D eigenvalue weighted by atomic mass is 16.5. The summed E-state index contributed by atoms with van der Waals surface area (Å²) in [7, 11) is 0. The van der Waals surface area contributed by atoms with Crippen LogP contribution in [0, 0.1) is 0 Å². The minimum absolute atomic E-state index is 0.000733. The number of aryl methyl sites for hydroxylation is 1. The molecule has 3 heterocycles. The Hall–Kier alpha value is -2.71. The first-order valence-electron chi connectivity index (χ1n) is 8.64. The van der Waals surface area contributed by atoms with Crippen LogP contribution in [0.5, 0.6) is 0 Å². The van der Waals surface area contributed by atoms with Crippen molar-refractivity contribution in [1.82, 2.24) is 31.0 Å². The SMILES string of the molecule is O=C1CC(c2noc(CNC(=O)c3n[nH]c4c3CCCC4)n2)CCN1. The molecule has 1 aliphatic carbocycles. The molecule has 2 amide bonds. The van der Waals surface area contributed by atoms with Crippen LogP contribution in [0.1, 0.15) is 65.1 Å². The molecule has 2 aromatic heterocycles. The molecule has 0 spiro atoms. The van der Waals surface area contributed by atoms with Crippen LogP contribution in [-0.4, -0.2) is 38.7 Å². The molecule has 25 heavy (non-hydrogen) atoms. The molecule has 0 aromatic carbocycles. The van der Waals surface area contributed by atoms with Gasteiger partial charge in [0.2, 0.25) is 11.8 Å². The van der Waals surface area contributed by atoms with Gasteiger partial charge in [-0.25, -0.2) is 0 Å². The predicted molar refractivity (Wildman–Crippen MR) is 85.7 cm³/mol. The standard InChI is InChI=1S/C16H20N6O3/c23-12-7-9(5-6-17-12)15-19-13(25-22-15)8-18-16(24)14-10-3-1-2-4-11(10)20-21-14/h9H,1-8H2,(H,17,23)(H,18,24)(H,20,21). The lowest BCUT2D eigenvalue weighted by Gasteiger charge is -2.18. The Labute approximate surface area is 143 Å². The summed E-state index contributed by atoms with van der Waals surface area (Å²) < 4.78 is 5.20. The highest BCUT2D eigenvalue weighted by Crippen LogP contribution is 2.23. The normalized spacial score (nSPS) is 20.0. The molecule has 1 fully saturated rings. The Bertz CT molecular complexity index is 796. The van der Waals surface area contributed by atoms with Gasteiger partial charge < -0.3 is 15.2 Å². The van der Waals surface area contributed by atoms with Crippen LogP contribution in [0.4, 0.5) is 0 Å². The maximum absolute atomic E-state index is 12.4. The average molecular weight is 344 g/mol. The van der Waals surface area contributed by atoms with Crippen molar-refractivity contribution in [2.75, 3.05) is 6.54 Å². The molecule has 0 saturated carbocycles. The first-order chi connectivity index (χ1) is 12.2. The van der Waals surface area contributed by atoms with Gasteiger partial charge in [-0.2, -0.15) is 10.1 Å². The van der Waals surface area contributed by atoms with Gasteiger partial charge in [0.15, 0.2) is 11.5 Å². The fourth-order valence-corrected chi connectivity index (χ4v) is 3.42. The zero-order valence-corrected chi connectivity index (χ0v) is 13.8. The lowest BCUT2D eigenvalue weighted by atomic mass is 9.96. The van der Waals surface area contributed by atoms with Gasteiger partial charge in [-0.05, 0) is 32.1 Å². The minimum Gasteiger partial charge on any atom is -0.356 e. The van der Waals surface area contributed by atoms with E-state index in [1.54, 1.807) is 0 Å². The van der Waals surface area contributed by atoms with Gasteiger partial charge in [-0.1, -0.05) is 5.16 Å². The highest BCUT2D eigenvalue weighted by molar-refractivity contribution is 5.93. The van der Waals surface area contributed by atoms with Gasteiger partial charge in [-0.3, -0.25) is 14.7 Å². The van der Waals surface area contributed by atoms with Crippen molar-refractivity contribution >= 4 is 11.8 Å². The van der Waals surface area contributed by atoms with E-state index in [9.17, 15) is 9.59 Å². The molecule has 2 aromatic rings. The van der Waals surface area contributed by atoms with Gasteiger partial charge in [0.1, 0.15) is 0 Å². The molecule has 4 rings (SSSR count). The molecule has 1 atom stereocenters. The molecule has 132 valence electrons. The molecular formula is C16H20N6O3.